The molecule has 0 amide bonds. The van der Waals surface area contributed by atoms with Crippen molar-refractivity contribution in [3.05, 3.63) is 12.3 Å². The van der Waals surface area contributed by atoms with Crippen molar-refractivity contribution in [3.8, 4) is 5.88 Å². The van der Waals surface area contributed by atoms with Gasteiger partial charge in [-0.05, 0) is 0 Å². The minimum atomic E-state index is -0.814. The first-order valence-electron chi connectivity index (χ1n) is 8.04. The highest BCUT2D eigenvalue weighted by molar-refractivity contribution is 5.32. The number of β-amino-alcohol motifs (C(OH)–C–C–N with tert-alkyl or cyclic N) is 1. The molecule has 0 saturated carbocycles. The zero-order chi connectivity index (χ0) is 16.1. The van der Waals surface area contributed by atoms with E-state index in [0.717, 1.165) is 32.7 Å². The fraction of sp³-hybridized carbons (Fsp3) is 0.733. The van der Waals surface area contributed by atoms with Crippen molar-refractivity contribution in [1.82, 2.24) is 20.2 Å². The minimum absolute atomic E-state index is 0.388. The molecule has 128 valence electrons. The second kappa shape index (κ2) is 7.39. The molecule has 2 saturated heterocycles. The number of hydrogen-bond donors (Lipinski definition) is 2. The van der Waals surface area contributed by atoms with Gasteiger partial charge in [0.05, 0.1) is 20.3 Å². The largest absolute Gasteiger partial charge is 0.481 e. The fourth-order valence-corrected chi connectivity index (χ4v) is 3.00. The third-order valence-electron chi connectivity index (χ3n) is 4.25. The van der Waals surface area contributed by atoms with Crippen LogP contribution in [0.4, 0.5) is 5.95 Å². The van der Waals surface area contributed by atoms with E-state index in [2.05, 4.69) is 25.1 Å². The first kappa shape index (κ1) is 16.4. The summed E-state index contributed by atoms with van der Waals surface area (Å²) in [5, 5.41) is 13.9. The molecule has 2 fully saturated rings. The number of nitrogens with one attached hydrogen (secondary N) is 1. The lowest BCUT2D eigenvalue weighted by Gasteiger charge is -2.38. The summed E-state index contributed by atoms with van der Waals surface area (Å²) in [6.07, 6.45) is 1.71. The lowest BCUT2D eigenvalue weighted by atomic mass is 10.0. The Morgan fingerprint density at radius 1 is 1.39 bits per heavy atom. The molecule has 8 heteroatoms. The lowest BCUT2D eigenvalue weighted by molar-refractivity contribution is -0.0495. The molecule has 1 aromatic heterocycles. The number of rotatable bonds is 4. The van der Waals surface area contributed by atoms with Crippen molar-refractivity contribution < 1.29 is 14.6 Å². The molecule has 0 unspecified atom stereocenters. The summed E-state index contributed by atoms with van der Waals surface area (Å²) in [6.45, 7) is 6.42. The quantitative estimate of drug-likeness (QED) is 0.727. The van der Waals surface area contributed by atoms with Crippen molar-refractivity contribution in [1.29, 1.82) is 0 Å². The fourth-order valence-electron chi connectivity index (χ4n) is 3.00. The Balaban J connectivity index is 1.53. The molecule has 2 N–H and O–H groups in total. The van der Waals surface area contributed by atoms with Crippen LogP contribution in [0.15, 0.2) is 12.3 Å². The first-order chi connectivity index (χ1) is 11.2. The average Bonchev–Trinajstić information content (AvgIpc) is 2.80. The molecule has 2 aliphatic heterocycles. The Morgan fingerprint density at radius 2 is 2.22 bits per heavy atom. The SMILES string of the molecule is COc1ccnc(N2CCN(C[C@]3(O)CNCCOC3)CC2)n1. The molecule has 0 aliphatic carbocycles. The van der Waals surface area contributed by atoms with Gasteiger partial charge in [-0.1, -0.05) is 0 Å². The van der Waals surface area contributed by atoms with Gasteiger partial charge in [-0.3, -0.25) is 4.90 Å². The number of piperazine rings is 1. The summed E-state index contributed by atoms with van der Waals surface area (Å²) >= 11 is 0. The lowest BCUT2D eigenvalue weighted by Crippen LogP contribution is -2.56. The van der Waals surface area contributed by atoms with E-state index in [-0.39, 0.29) is 0 Å². The van der Waals surface area contributed by atoms with Gasteiger partial charge in [0.1, 0.15) is 5.60 Å². The van der Waals surface area contributed by atoms with E-state index in [9.17, 15) is 5.11 Å². The number of hydrogen-bond acceptors (Lipinski definition) is 8. The van der Waals surface area contributed by atoms with Crippen LogP contribution >= 0.6 is 0 Å². The second-order valence-corrected chi connectivity index (χ2v) is 6.12. The molecule has 0 aromatic carbocycles. The van der Waals surface area contributed by atoms with Gasteiger partial charge < -0.3 is 24.8 Å². The summed E-state index contributed by atoms with van der Waals surface area (Å²) in [6, 6.07) is 1.74. The normalized spacial score (nSPS) is 26.8. The first-order valence-corrected chi connectivity index (χ1v) is 8.04. The number of anilines is 1. The highest BCUT2D eigenvalue weighted by atomic mass is 16.5. The third-order valence-corrected chi connectivity index (χ3v) is 4.25. The van der Waals surface area contributed by atoms with E-state index >= 15 is 0 Å². The summed E-state index contributed by atoms with van der Waals surface area (Å²) in [5.41, 5.74) is -0.814. The van der Waals surface area contributed by atoms with Crippen LogP contribution in [0.1, 0.15) is 0 Å². The van der Waals surface area contributed by atoms with Gasteiger partial charge in [-0.2, -0.15) is 4.98 Å². The van der Waals surface area contributed by atoms with Gasteiger partial charge in [0.2, 0.25) is 11.8 Å². The van der Waals surface area contributed by atoms with Gasteiger partial charge in [-0.25, -0.2) is 4.98 Å². The van der Waals surface area contributed by atoms with E-state index in [1.807, 2.05) is 0 Å². The highest BCUT2D eigenvalue weighted by Crippen LogP contribution is 2.16. The number of methoxy groups -OCH3 is 1. The zero-order valence-electron chi connectivity index (χ0n) is 13.6. The van der Waals surface area contributed by atoms with E-state index in [1.54, 1.807) is 19.4 Å². The molecular weight excluding hydrogens is 298 g/mol. The van der Waals surface area contributed by atoms with Gasteiger partial charge in [0.15, 0.2) is 0 Å². The Morgan fingerprint density at radius 3 is 3.00 bits per heavy atom. The van der Waals surface area contributed by atoms with Crippen LogP contribution in [0.3, 0.4) is 0 Å². The van der Waals surface area contributed by atoms with Crippen molar-refractivity contribution in [2.24, 2.45) is 0 Å². The molecule has 0 radical (unpaired) electrons. The van der Waals surface area contributed by atoms with Gasteiger partial charge in [0.25, 0.3) is 0 Å². The molecule has 1 aromatic rings. The summed E-state index contributed by atoms with van der Waals surface area (Å²) < 4.78 is 10.6. The van der Waals surface area contributed by atoms with Crippen LogP contribution in [-0.2, 0) is 4.74 Å². The summed E-state index contributed by atoms with van der Waals surface area (Å²) in [7, 11) is 1.60. The van der Waals surface area contributed by atoms with E-state index in [1.165, 1.54) is 0 Å². The number of aliphatic hydroxyl groups is 1. The predicted molar refractivity (Wildman–Crippen MR) is 85.9 cm³/mol. The highest BCUT2D eigenvalue weighted by Gasteiger charge is 2.32. The standard InChI is InChI=1S/C15H25N5O3/c1-22-13-2-3-17-14(18-13)20-7-5-19(6-8-20)11-15(21)10-16-4-9-23-12-15/h2-3,16,21H,4-12H2,1H3/t15-/m1/s1. The van der Waals surface area contributed by atoms with Gasteiger partial charge >= 0.3 is 0 Å². The van der Waals surface area contributed by atoms with Crippen molar-refractivity contribution in [3.63, 3.8) is 0 Å². The van der Waals surface area contributed by atoms with Crippen LogP contribution in [0.5, 0.6) is 5.88 Å². The summed E-state index contributed by atoms with van der Waals surface area (Å²) in [4.78, 5) is 13.1. The molecule has 0 bridgehead atoms. The van der Waals surface area contributed by atoms with E-state index in [4.69, 9.17) is 9.47 Å². The Labute approximate surface area is 136 Å². The monoisotopic (exact) mass is 323 g/mol. The third kappa shape index (κ3) is 4.29. The van der Waals surface area contributed by atoms with Gasteiger partial charge in [-0.15, -0.1) is 0 Å². The Bertz CT molecular complexity index is 500. The number of nitrogens with zero attached hydrogens (tertiary/aromatic N) is 4. The molecule has 23 heavy (non-hydrogen) atoms. The Hall–Kier alpha value is -1.48. The minimum Gasteiger partial charge on any atom is -0.481 e. The molecule has 3 rings (SSSR count). The maximum absolute atomic E-state index is 10.7. The Kier molecular flexibility index (Phi) is 5.27. The van der Waals surface area contributed by atoms with Crippen LogP contribution in [-0.4, -0.2) is 91.7 Å². The smallest absolute Gasteiger partial charge is 0.228 e. The van der Waals surface area contributed by atoms with E-state index < -0.39 is 5.60 Å². The topological polar surface area (TPSA) is 83.0 Å². The van der Waals surface area contributed by atoms with Crippen LogP contribution < -0.4 is 15.0 Å². The zero-order valence-corrected chi connectivity index (χ0v) is 13.6. The number of aromatic nitrogens is 2. The molecule has 0 spiro atoms. The van der Waals surface area contributed by atoms with Gasteiger partial charge in [0, 0.05) is 58.1 Å². The van der Waals surface area contributed by atoms with Crippen LogP contribution in [0.25, 0.3) is 0 Å². The molecular formula is C15H25N5O3. The summed E-state index contributed by atoms with van der Waals surface area (Å²) in [5.74, 6) is 1.27. The van der Waals surface area contributed by atoms with Crippen molar-refractivity contribution in [2.75, 3.05) is 71.0 Å². The maximum Gasteiger partial charge on any atom is 0.228 e. The molecule has 2 aliphatic rings. The molecule has 8 nitrogen and oxygen atoms in total. The van der Waals surface area contributed by atoms with E-state index in [0.29, 0.717) is 38.1 Å². The van der Waals surface area contributed by atoms with Crippen molar-refractivity contribution >= 4 is 5.95 Å². The number of ether oxygens (including phenoxy) is 2. The van der Waals surface area contributed by atoms with Crippen LogP contribution in [0.2, 0.25) is 0 Å². The maximum atomic E-state index is 10.7. The molecule has 3 heterocycles. The predicted octanol–water partition coefficient (Wildman–Crippen LogP) is -1.04. The molecule has 1 atom stereocenters. The van der Waals surface area contributed by atoms with Crippen molar-refractivity contribution in [2.45, 2.75) is 5.60 Å². The van der Waals surface area contributed by atoms with Crippen LogP contribution in [0, 0.1) is 0 Å². The second-order valence-electron chi connectivity index (χ2n) is 6.12. The average molecular weight is 323 g/mol.